The lowest BCUT2D eigenvalue weighted by atomic mass is 9.85. The van der Waals surface area contributed by atoms with Crippen molar-refractivity contribution in [1.29, 1.82) is 0 Å². The molecule has 3 unspecified atom stereocenters. The average Bonchev–Trinajstić information content (AvgIpc) is 3.19. The van der Waals surface area contributed by atoms with E-state index in [1.165, 1.54) is 0 Å². The van der Waals surface area contributed by atoms with Crippen molar-refractivity contribution in [2.24, 2.45) is 16.1 Å². The second kappa shape index (κ2) is 6.09. The first-order valence-corrected chi connectivity index (χ1v) is 10.6. The minimum absolute atomic E-state index is 0.0159. The molecule has 2 aliphatic heterocycles. The minimum Gasteiger partial charge on any atom is -0.361 e. The lowest BCUT2D eigenvalue weighted by Crippen LogP contribution is -2.48. The van der Waals surface area contributed by atoms with Gasteiger partial charge in [-0.3, -0.25) is 4.79 Å². The number of alkyl halides is 3. The van der Waals surface area contributed by atoms with Gasteiger partial charge >= 0.3 is 6.18 Å². The summed E-state index contributed by atoms with van der Waals surface area (Å²) < 4.78 is 40.7. The third-order valence-corrected chi connectivity index (χ3v) is 7.15. The quantitative estimate of drug-likeness (QED) is 0.669. The molecule has 3 aliphatic rings. The fraction of sp³-hybridized carbons (Fsp3) is 0.591. The molecule has 0 saturated heterocycles. The van der Waals surface area contributed by atoms with Crippen LogP contribution in [-0.4, -0.2) is 33.9 Å². The number of rotatable bonds is 1. The number of nitrogens with one attached hydrogen (secondary N) is 1. The van der Waals surface area contributed by atoms with Crippen molar-refractivity contribution >= 4 is 22.5 Å². The third kappa shape index (κ3) is 2.52. The number of benzene rings is 1. The molecule has 9 heteroatoms. The van der Waals surface area contributed by atoms with Crippen molar-refractivity contribution in [2.45, 2.75) is 76.4 Å². The van der Waals surface area contributed by atoms with Gasteiger partial charge in [-0.25, -0.2) is 0 Å². The van der Waals surface area contributed by atoms with Crippen LogP contribution in [0.5, 0.6) is 0 Å². The second-order valence-corrected chi connectivity index (χ2v) is 9.71. The zero-order valence-electron chi connectivity index (χ0n) is 17.8. The Morgan fingerprint density at radius 1 is 1.29 bits per heavy atom. The van der Waals surface area contributed by atoms with Crippen LogP contribution in [0.2, 0.25) is 0 Å². The molecule has 31 heavy (non-hydrogen) atoms. The van der Waals surface area contributed by atoms with Gasteiger partial charge in [-0.2, -0.15) is 18.3 Å². The number of nitrogens with zero attached hydrogens (tertiary/aromatic N) is 3. The van der Waals surface area contributed by atoms with Gasteiger partial charge in [0.05, 0.1) is 5.41 Å². The summed E-state index contributed by atoms with van der Waals surface area (Å²) in [4.78, 5) is 18.1. The summed E-state index contributed by atoms with van der Waals surface area (Å²) in [6, 6.07) is 3.03. The molecule has 0 radical (unpaired) electrons. The fourth-order valence-corrected chi connectivity index (χ4v) is 5.48. The Morgan fingerprint density at radius 2 is 2.00 bits per heavy atom. The number of amides is 1. The summed E-state index contributed by atoms with van der Waals surface area (Å²) in [7, 11) is 0. The molecule has 2 aromatic rings. The molecular weight excluding hydrogens is 409 g/mol. The SMILES string of the molecule is CC(C)N1C(=O)C(C)(C)c2cc3[nH]c4c(c3cc21)CCCC1C4N=NC1(O)C(F)(F)F. The predicted octanol–water partition coefficient (Wildman–Crippen LogP) is 4.91. The molecule has 166 valence electrons. The number of aliphatic hydroxyl groups is 1. The van der Waals surface area contributed by atoms with Crippen molar-refractivity contribution in [3.63, 3.8) is 0 Å². The average molecular weight is 434 g/mol. The number of hydrogen-bond acceptors (Lipinski definition) is 4. The first-order chi connectivity index (χ1) is 14.4. The Bertz CT molecular complexity index is 1130. The van der Waals surface area contributed by atoms with Crippen LogP contribution in [0.25, 0.3) is 10.9 Å². The molecule has 1 amide bonds. The Kier molecular flexibility index (Phi) is 4.02. The number of aryl methyl sites for hydroxylation is 1. The molecule has 3 heterocycles. The second-order valence-electron chi connectivity index (χ2n) is 9.71. The van der Waals surface area contributed by atoms with Gasteiger partial charge in [0.25, 0.3) is 5.72 Å². The Hall–Kier alpha value is -2.42. The van der Waals surface area contributed by atoms with Crippen LogP contribution in [0.1, 0.15) is 63.4 Å². The zero-order chi connectivity index (χ0) is 22.5. The van der Waals surface area contributed by atoms with Gasteiger partial charge in [-0.05, 0) is 70.2 Å². The summed E-state index contributed by atoms with van der Waals surface area (Å²) in [6.07, 6.45) is -3.65. The van der Waals surface area contributed by atoms with Crippen molar-refractivity contribution in [3.05, 3.63) is 29.0 Å². The number of aromatic nitrogens is 1. The number of hydrogen-bond donors (Lipinski definition) is 2. The van der Waals surface area contributed by atoms with Crippen LogP contribution in [0.15, 0.2) is 22.4 Å². The van der Waals surface area contributed by atoms with E-state index in [4.69, 9.17) is 0 Å². The fourth-order valence-electron chi connectivity index (χ4n) is 5.48. The number of carbonyl (C=O) groups is 1. The number of H-pyrrole nitrogens is 1. The summed E-state index contributed by atoms with van der Waals surface area (Å²) in [5.74, 6) is -1.12. The van der Waals surface area contributed by atoms with E-state index in [0.29, 0.717) is 18.5 Å². The van der Waals surface area contributed by atoms with Crippen molar-refractivity contribution < 1.29 is 23.1 Å². The molecule has 1 aromatic heterocycles. The van der Waals surface area contributed by atoms with E-state index in [9.17, 15) is 23.1 Å². The van der Waals surface area contributed by atoms with E-state index in [1.54, 1.807) is 4.90 Å². The molecule has 2 N–H and O–H groups in total. The Morgan fingerprint density at radius 3 is 2.65 bits per heavy atom. The molecule has 0 fully saturated rings. The van der Waals surface area contributed by atoms with Gasteiger partial charge in [0.1, 0.15) is 6.04 Å². The van der Waals surface area contributed by atoms with E-state index >= 15 is 0 Å². The largest absolute Gasteiger partial charge is 0.440 e. The highest BCUT2D eigenvalue weighted by Crippen LogP contribution is 2.54. The highest BCUT2D eigenvalue weighted by molar-refractivity contribution is 6.10. The lowest BCUT2D eigenvalue weighted by Gasteiger charge is -2.29. The maximum absolute atomic E-state index is 13.6. The smallest absolute Gasteiger partial charge is 0.361 e. The van der Waals surface area contributed by atoms with Crippen LogP contribution < -0.4 is 4.90 Å². The molecule has 1 aromatic carbocycles. The third-order valence-electron chi connectivity index (χ3n) is 7.15. The monoisotopic (exact) mass is 434 g/mol. The van der Waals surface area contributed by atoms with E-state index in [2.05, 4.69) is 15.2 Å². The highest BCUT2D eigenvalue weighted by atomic mass is 19.4. The Balaban J connectivity index is 1.68. The molecule has 0 saturated carbocycles. The van der Waals surface area contributed by atoms with Gasteiger partial charge < -0.3 is 15.0 Å². The molecule has 5 rings (SSSR count). The molecule has 0 spiro atoms. The van der Waals surface area contributed by atoms with Crippen molar-refractivity contribution in [1.82, 2.24) is 4.98 Å². The predicted molar refractivity (Wildman–Crippen MR) is 109 cm³/mol. The maximum atomic E-state index is 13.6. The summed E-state index contributed by atoms with van der Waals surface area (Å²) >= 11 is 0. The molecule has 3 atom stereocenters. The first-order valence-electron chi connectivity index (χ1n) is 10.6. The van der Waals surface area contributed by atoms with E-state index in [1.807, 2.05) is 39.8 Å². The van der Waals surface area contributed by atoms with Crippen LogP contribution in [0.3, 0.4) is 0 Å². The van der Waals surface area contributed by atoms with Crippen LogP contribution in [0, 0.1) is 5.92 Å². The standard InChI is InChI=1S/C22H25F3N4O2/c1-10(2)29-16-8-12-11-6-5-7-13-18(27-28-21(13,31)22(23,24)25)17(11)26-15(12)9-14(16)20(3,4)19(29)30/h8-10,13,18,26,31H,5-7H2,1-4H3. The van der Waals surface area contributed by atoms with Crippen LogP contribution in [-0.2, 0) is 16.6 Å². The molecular formula is C22H25F3N4O2. The molecule has 1 aliphatic carbocycles. The van der Waals surface area contributed by atoms with Gasteiger partial charge in [0.2, 0.25) is 5.91 Å². The first kappa shape index (κ1) is 20.5. The van der Waals surface area contributed by atoms with E-state index < -0.39 is 29.3 Å². The summed E-state index contributed by atoms with van der Waals surface area (Å²) in [5, 5.41) is 18.4. The van der Waals surface area contributed by atoms with Crippen LogP contribution in [0.4, 0.5) is 18.9 Å². The highest BCUT2D eigenvalue weighted by Gasteiger charge is 2.65. The van der Waals surface area contributed by atoms with Gasteiger partial charge in [0, 0.05) is 34.2 Å². The van der Waals surface area contributed by atoms with Crippen molar-refractivity contribution in [3.8, 4) is 0 Å². The number of azo groups is 1. The minimum atomic E-state index is -4.88. The molecule has 0 bridgehead atoms. The Labute approximate surface area is 177 Å². The lowest BCUT2D eigenvalue weighted by molar-refractivity contribution is -0.273. The van der Waals surface area contributed by atoms with E-state index in [0.717, 1.165) is 27.7 Å². The maximum Gasteiger partial charge on any atom is 0.440 e. The van der Waals surface area contributed by atoms with E-state index in [-0.39, 0.29) is 18.4 Å². The summed E-state index contributed by atoms with van der Waals surface area (Å²) in [6.45, 7) is 7.71. The summed E-state index contributed by atoms with van der Waals surface area (Å²) in [5.41, 5.74) is 0.158. The van der Waals surface area contributed by atoms with Gasteiger partial charge in [-0.15, -0.1) is 5.11 Å². The van der Waals surface area contributed by atoms with Gasteiger partial charge in [0.15, 0.2) is 0 Å². The number of carbonyl (C=O) groups excluding carboxylic acids is 1. The number of fused-ring (bicyclic) bond motifs is 6. The topological polar surface area (TPSA) is 81.0 Å². The number of aromatic amines is 1. The van der Waals surface area contributed by atoms with Crippen molar-refractivity contribution in [2.75, 3.05) is 4.90 Å². The van der Waals surface area contributed by atoms with Crippen LogP contribution >= 0.6 is 0 Å². The normalized spacial score (nSPS) is 29.5. The number of halogens is 3. The van der Waals surface area contributed by atoms with Gasteiger partial charge in [-0.1, -0.05) is 0 Å². The number of anilines is 1. The molecule has 6 nitrogen and oxygen atoms in total. The zero-order valence-corrected chi connectivity index (χ0v) is 17.8.